The van der Waals surface area contributed by atoms with E-state index in [1.54, 1.807) is 14.2 Å². The van der Waals surface area contributed by atoms with Gasteiger partial charge in [0, 0.05) is 20.1 Å². The first-order valence-electron chi connectivity index (χ1n) is 11.3. The van der Waals surface area contributed by atoms with Gasteiger partial charge < -0.3 is 24.5 Å². The van der Waals surface area contributed by atoms with Crippen molar-refractivity contribution in [3.05, 3.63) is 41.1 Å². The van der Waals surface area contributed by atoms with Gasteiger partial charge in [0.25, 0.3) is 0 Å². The van der Waals surface area contributed by atoms with Gasteiger partial charge in [-0.25, -0.2) is 4.98 Å². The highest BCUT2D eigenvalue weighted by Gasteiger charge is 2.21. The van der Waals surface area contributed by atoms with Crippen molar-refractivity contribution >= 4 is 5.96 Å². The van der Waals surface area contributed by atoms with Crippen LogP contribution in [0.4, 0.5) is 0 Å². The molecule has 0 bridgehead atoms. The molecule has 1 fully saturated rings. The number of rotatable bonds is 9. The number of oxazole rings is 1. The molecule has 2 aromatic rings. The van der Waals surface area contributed by atoms with Gasteiger partial charge >= 0.3 is 0 Å². The third kappa shape index (κ3) is 6.63. The van der Waals surface area contributed by atoms with Gasteiger partial charge in [-0.05, 0) is 69.8 Å². The smallest absolute Gasteiger partial charge is 0.208 e. The molecule has 1 saturated heterocycles. The molecule has 1 aliphatic rings. The number of aromatic nitrogens is 1. The molecule has 0 radical (unpaired) electrons. The maximum atomic E-state index is 5.73. The molecule has 176 valence electrons. The van der Waals surface area contributed by atoms with Gasteiger partial charge in [-0.2, -0.15) is 0 Å². The lowest BCUT2D eigenvalue weighted by atomic mass is 9.97. The van der Waals surface area contributed by atoms with Crippen molar-refractivity contribution in [3.8, 4) is 11.5 Å². The van der Waals surface area contributed by atoms with E-state index in [9.17, 15) is 0 Å². The Morgan fingerprint density at radius 1 is 1.16 bits per heavy atom. The van der Waals surface area contributed by atoms with E-state index in [-0.39, 0.29) is 0 Å². The summed E-state index contributed by atoms with van der Waals surface area (Å²) >= 11 is 0. The molecule has 2 heterocycles. The van der Waals surface area contributed by atoms with E-state index in [0.717, 1.165) is 86.8 Å². The van der Waals surface area contributed by atoms with Crippen LogP contribution in [0.2, 0.25) is 0 Å². The Balaban J connectivity index is 1.36. The molecule has 0 aliphatic carbocycles. The highest BCUT2D eigenvalue weighted by Crippen LogP contribution is 2.27. The number of ether oxygens (including phenoxy) is 2. The third-order valence-electron chi connectivity index (χ3n) is 6.07. The molecular weight excluding hydrogens is 406 g/mol. The molecule has 0 saturated carbocycles. The second-order valence-corrected chi connectivity index (χ2v) is 8.29. The summed E-state index contributed by atoms with van der Waals surface area (Å²) < 4.78 is 16.4. The fourth-order valence-electron chi connectivity index (χ4n) is 3.97. The molecule has 8 heteroatoms. The summed E-state index contributed by atoms with van der Waals surface area (Å²) in [5.74, 6) is 4.74. The summed E-state index contributed by atoms with van der Waals surface area (Å²) in [6.45, 7) is 8.63. The lowest BCUT2D eigenvalue weighted by Crippen LogP contribution is -2.43. The zero-order chi connectivity index (χ0) is 22.9. The first kappa shape index (κ1) is 23.9. The van der Waals surface area contributed by atoms with Crippen LogP contribution >= 0.6 is 0 Å². The Morgan fingerprint density at radius 3 is 2.53 bits per heavy atom. The number of guanidine groups is 1. The van der Waals surface area contributed by atoms with E-state index in [2.05, 4.69) is 31.6 Å². The first-order chi connectivity index (χ1) is 15.5. The summed E-state index contributed by atoms with van der Waals surface area (Å²) in [5.41, 5.74) is 2.18. The predicted molar refractivity (Wildman–Crippen MR) is 127 cm³/mol. The first-order valence-corrected chi connectivity index (χ1v) is 11.3. The maximum absolute atomic E-state index is 5.73. The highest BCUT2D eigenvalue weighted by molar-refractivity contribution is 5.79. The summed E-state index contributed by atoms with van der Waals surface area (Å²) in [5, 5.41) is 6.89. The molecule has 1 aliphatic heterocycles. The number of benzene rings is 1. The largest absolute Gasteiger partial charge is 0.493 e. The van der Waals surface area contributed by atoms with Crippen molar-refractivity contribution < 1.29 is 13.9 Å². The number of hydrogen-bond acceptors (Lipinski definition) is 6. The Labute approximate surface area is 191 Å². The molecule has 1 aromatic carbocycles. The number of methoxy groups -OCH3 is 2. The maximum Gasteiger partial charge on any atom is 0.208 e. The van der Waals surface area contributed by atoms with Crippen molar-refractivity contribution in [2.45, 2.75) is 39.7 Å². The minimum atomic E-state index is 0.642. The van der Waals surface area contributed by atoms with Crippen molar-refractivity contribution in [1.29, 1.82) is 0 Å². The third-order valence-corrected chi connectivity index (χ3v) is 6.07. The molecule has 0 unspecified atom stereocenters. The van der Waals surface area contributed by atoms with Crippen LogP contribution in [0.5, 0.6) is 11.5 Å². The lowest BCUT2D eigenvalue weighted by molar-refractivity contribution is 0.164. The van der Waals surface area contributed by atoms with Crippen LogP contribution < -0.4 is 20.1 Å². The number of nitrogens with one attached hydrogen (secondary N) is 2. The van der Waals surface area contributed by atoms with Gasteiger partial charge in [0.2, 0.25) is 5.89 Å². The number of aryl methyl sites for hydroxylation is 2. The summed E-state index contributed by atoms with van der Waals surface area (Å²) in [4.78, 5) is 11.3. The SMILES string of the molecule is CN=C(NCCc1ccc(OC)c(OC)c1)NCC1CCN(Cc2nc(C)c(C)o2)CC1. The van der Waals surface area contributed by atoms with E-state index in [0.29, 0.717) is 5.92 Å². The van der Waals surface area contributed by atoms with Gasteiger partial charge in [0.1, 0.15) is 5.76 Å². The number of piperidine rings is 1. The van der Waals surface area contributed by atoms with E-state index in [1.165, 1.54) is 5.56 Å². The van der Waals surface area contributed by atoms with E-state index < -0.39 is 0 Å². The molecular formula is C24H37N5O3. The topological polar surface area (TPSA) is 84.2 Å². The Hall–Kier alpha value is -2.74. The second kappa shape index (κ2) is 11.8. The average Bonchev–Trinajstić information content (AvgIpc) is 3.13. The van der Waals surface area contributed by atoms with Crippen molar-refractivity contribution in [3.63, 3.8) is 0 Å². The van der Waals surface area contributed by atoms with Gasteiger partial charge in [-0.3, -0.25) is 9.89 Å². The minimum Gasteiger partial charge on any atom is -0.493 e. The van der Waals surface area contributed by atoms with E-state index >= 15 is 0 Å². The number of nitrogens with zero attached hydrogens (tertiary/aromatic N) is 3. The Bertz CT molecular complexity index is 868. The van der Waals surface area contributed by atoms with E-state index in [1.807, 2.05) is 33.0 Å². The quantitative estimate of drug-likeness (QED) is 0.455. The van der Waals surface area contributed by atoms with Gasteiger partial charge in [0.05, 0.1) is 26.5 Å². The second-order valence-electron chi connectivity index (χ2n) is 8.29. The van der Waals surface area contributed by atoms with Gasteiger partial charge in [-0.1, -0.05) is 6.07 Å². The Kier molecular flexibility index (Phi) is 8.79. The van der Waals surface area contributed by atoms with Crippen LogP contribution in [-0.4, -0.2) is 63.3 Å². The van der Waals surface area contributed by atoms with Crippen molar-refractivity contribution in [2.24, 2.45) is 10.9 Å². The molecule has 0 amide bonds. The molecule has 1 aromatic heterocycles. The zero-order valence-corrected chi connectivity index (χ0v) is 20.0. The number of hydrogen-bond donors (Lipinski definition) is 2. The summed E-state index contributed by atoms with van der Waals surface area (Å²) in [7, 11) is 5.12. The fourth-order valence-corrected chi connectivity index (χ4v) is 3.97. The normalized spacial score (nSPS) is 15.6. The van der Waals surface area contributed by atoms with Crippen molar-refractivity contribution in [2.75, 3.05) is 47.4 Å². The van der Waals surface area contributed by atoms with Crippen LogP contribution in [-0.2, 0) is 13.0 Å². The standard InChI is InChI=1S/C24H37N5O3/c1-17-18(2)32-23(28-17)16-29-12-9-20(10-13-29)15-27-24(25-3)26-11-8-19-6-7-21(30-4)22(14-19)31-5/h6-7,14,20H,8-13,15-16H2,1-5H3,(H2,25,26,27). The predicted octanol–water partition coefficient (Wildman–Crippen LogP) is 2.93. The molecule has 0 spiro atoms. The van der Waals surface area contributed by atoms with Crippen LogP contribution in [0, 0.1) is 19.8 Å². The molecule has 32 heavy (non-hydrogen) atoms. The lowest BCUT2D eigenvalue weighted by Gasteiger charge is -2.31. The van der Waals surface area contributed by atoms with Gasteiger partial charge in [-0.15, -0.1) is 0 Å². The Morgan fingerprint density at radius 2 is 1.91 bits per heavy atom. The summed E-state index contributed by atoms with van der Waals surface area (Å²) in [6.07, 6.45) is 3.20. The monoisotopic (exact) mass is 443 g/mol. The minimum absolute atomic E-state index is 0.642. The van der Waals surface area contributed by atoms with Crippen LogP contribution in [0.3, 0.4) is 0 Å². The van der Waals surface area contributed by atoms with Crippen LogP contribution in [0.25, 0.3) is 0 Å². The highest BCUT2D eigenvalue weighted by atomic mass is 16.5. The molecule has 2 N–H and O–H groups in total. The van der Waals surface area contributed by atoms with Crippen molar-refractivity contribution in [1.82, 2.24) is 20.5 Å². The number of aliphatic imine (C=N–C) groups is 1. The summed E-state index contributed by atoms with van der Waals surface area (Å²) in [6, 6.07) is 6.02. The van der Waals surface area contributed by atoms with Crippen LogP contribution in [0.1, 0.15) is 35.7 Å². The average molecular weight is 444 g/mol. The van der Waals surface area contributed by atoms with E-state index in [4.69, 9.17) is 13.9 Å². The number of likely N-dealkylation sites (tertiary alicyclic amines) is 1. The van der Waals surface area contributed by atoms with Crippen LogP contribution in [0.15, 0.2) is 27.6 Å². The molecule has 3 rings (SSSR count). The molecule has 0 atom stereocenters. The fraction of sp³-hybridized carbons (Fsp3) is 0.583. The van der Waals surface area contributed by atoms with Gasteiger partial charge in [0.15, 0.2) is 17.5 Å². The molecule has 8 nitrogen and oxygen atoms in total. The zero-order valence-electron chi connectivity index (χ0n) is 20.0.